The molecular weight excluding hydrogens is 232 g/mol. The lowest BCUT2D eigenvalue weighted by molar-refractivity contribution is 0.473. The maximum Gasteiger partial charge on any atom is 0.159 e. The highest BCUT2D eigenvalue weighted by Gasteiger charge is 2.12. The van der Waals surface area contributed by atoms with E-state index in [1.165, 1.54) is 12.1 Å². The molecular formula is C15H19F2N. The van der Waals surface area contributed by atoms with E-state index in [4.69, 9.17) is 6.42 Å². The molecule has 1 rings (SSSR count). The van der Waals surface area contributed by atoms with Gasteiger partial charge in [0, 0.05) is 12.5 Å². The van der Waals surface area contributed by atoms with Crippen molar-refractivity contribution in [2.45, 2.75) is 38.6 Å². The molecule has 0 amide bonds. The first kappa shape index (κ1) is 14.7. The van der Waals surface area contributed by atoms with Gasteiger partial charge in [0.2, 0.25) is 0 Å². The van der Waals surface area contributed by atoms with E-state index in [-0.39, 0.29) is 6.04 Å². The van der Waals surface area contributed by atoms with Crippen molar-refractivity contribution >= 4 is 0 Å². The largest absolute Gasteiger partial charge is 0.310 e. The Balaban J connectivity index is 2.73. The molecule has 1 unspecified atom stereocenters. The second-order valence-corrected chi connectivity index (χ2v) is 4.28. The predicted octanol–water partition coefficient (Wildman–Crippen LogP) is 3.81. The van der Waals surface area contributed by atoms with E-state index < -0.39 is 11.6 Å². The van der Waals surface area contributed by atoms with Crippen LogP contribution in [0.15, 0.2) is 18.2 Å². The highest BCUT2D eigenvalue weighted by molar-refractivity contribution is 5.21. The quantitative estimate of drug-likeness (QED) is 0.574. The number of hydrogen-bond donors (Lipinski definition) is 1. The molecule has 0 spiro atoms. The molecule has 1 atom stereocenters. The summed E-state index contributed by atoms with van der Waals surface area (Å²) in [5, 5.41) is 3.33. The van der Waals surface area contributed by atoms with Gasteiger partial charge in [-0.05, 0) is 43.5 Å². The van der Waals surface area contributed by atoms with Crippen molar-refractivity contribution < 1.29 is 8.78 Å². The number of nitrogens with one attached hydrogen (secondary N) is 1. The van der Waals surface area contributed by atoms with E-state index in [0.717, 1.165) is 31.4 Å². The Kier molecular flexibility index (Phi) is 6.38. The Labute approximate surface area is 108 Å². The van der Waals surface area contributed by atoms with Crippen LogP contribution in [0.3, 0.4) is 0 Å². The van der Waals surface area contributed by atoms with Crippen LogP contribution in [0, 0.1) is 24.0 Å². The Morgan fingerprint density at radius 1 is 1.33 bits per heavy atom. The molecule has 3 heteroatoms. The van der Waals surface area contributed by atoms with Crippen molar-refractivity contribution in [2.24, 2.45) is 0 Å². The van der Waals surface area contributed by atoms with Crippen molar-refractivity contribution in [3.63, 3.8) is 0 Å². The standard InChI is InChI=1S/C15H19F2N/c1-3-5-6-7-15(18-10-4-2)12-8-9-13(16)14(17)11-12/h1,8-9,11,15,18H,4-7,10H2,2H3. The van der Waals surface area contributed by atoms with Gasteiger partial charge in [0.25, 0.3) is 0 Å². The molecule has 98 valence electrons. The van der Waals surface area contributed by atoms with Crippen LogP contribution < -0.4 is 5.32 Å². The molecule has 0 aliphatic carbocycles. The van der Waals surface area contributed by atoms with E-state index >= 15 is 0 Å². The Morgan fingerprint density at radius 2 is 2.11 bits per heavy atom. The monoisotopic (exact) mass is 251 g/mol. The number of unbranched alkanes of at least 4 members (excludes halogenated alkanes) is 1. The van der Waals surface area contributed by atoms with Gasteiger partial charge in [-0.2, -0.15) is 0 Å². The summed E-state index contributed by atoms with van der Waals surface area (Å²) < 4.78 is 26.1. The van der Waals surface area contributed by atoms with Crippen molar-refractivity contribution in [3.8, 4) is 12.3 Å². The first-order valence-electron chi connectivity index (χ1n) is 6.30. The molecule has 0 saturated carbocycles. The smallest absolute Gasteiger partial charge is 0.159 e. The minimum absolute atomic E-state index is 0.0356. The van der Waals surface area contributed by atoms with E-state index in [9.17, 15) is 8.78 Å². The zero-order valence-corrected chi connectivity index (χ0v) is 10.7. The summed E-state index contributed by atoms with van der Waals surface area (Å²) in [6, 6.07) is 4.10. The van der Waals surface area contributed by atoms with Gasteiger partial charge in [-0.3, -0.25) is 0 Å². The van der Waals surface area contributed by atoms with Crippen LogP contribution in [0.2, 0.25) is 0 Å². The third-order valence-electron chi connectivity index (χ3n) is 2.80. The third kappa shape index (κ3) is 4.46. The van der Waals surface area contributed by atoms with Crippen LogP contribution in [0.25, 0.3) is 0 Å². The van der Waals surface area contributed by atoms with Gasteiger partial charge in [0.05, 0.1) is 0 Å². The van der Waals surface area contributed by atoms with Crippen LogP contribution in [-0.2, 0) is 0 Å². The van der Waals surface area contributed by atoms with Gasteiger partial charge in [-0.25, -0.2) is 8.78 Å². The molecule has 1 aromatic carbocycles. The number of terminal acetylenes is 1. The average molecular weight is 251 g/mol. The lowest BCUT2D eigenvalue weighted by Crippen LogP contribution is -2.22. The Morgan fingerprint density at radius 3 is 2.72 bits per heavy atom. The van der Waals surface area contributed by atoms with Gasteiger partial charge in [0.1, 0.15) is 0 Å². The van der Waals surface area contributed by atoms with Crippen LogP contribution in [0.4, 0.5) is 8.78 Å². The molecule has 0 aliphatic rings. The summed E-state index contributed by atoms with van der Waals surface area (Å²) in [5.41, 5.74) is 0.777. The first-order chi connectivity index (χ1) is 8.69. The molecule has 1 aromatic rings. The topological polar surface area (TPSA) is 12.0 Å². The number of halogens is 2. The fourth-order valence-electron chi connectivity index (χ4n) is 1.84. The molecule has 0 radical (unpaired) electrons. The minimum Gasteiger partial charge on any atom is -0.310 e. The lowest BCUT2D eigenvalue weighted by atomic mass is 10.0. The number of rotatable bonds is 7. The molecule has 18 heavy (non-hydrogen) atoms. The summed E-state index contributed by atoms with van der Waals surface area (Å²) in [4.78, 5) is 0. The fraction of sp³-hybridized carbons (Fsp3) is 0.467. The normalized spacial score (nSPS) is 12.1. The summed E-state index contributed by atoms with van der Waals surface area (Å²) in [6.45, 7) is 2.91. The van der Waals surface area contributed by atoms with Crippen molar-refractivity contribution in [2.75, 3.05) is 6.54 Å². The van der Waals surface area contributed by atoms with Gasteiger partial charge in [-0.1, -0.05) is 13.0 Å². The molecule has 0 saturated heterocycles. The summed E-state index contributed by atoms with van der Waals surface area (Å²) in [5.74, 6) is 0.982. The highest BCUT2D eigenvalue weighted by Crippen LogP contribution is 2.21. The molecule has 0 bridgehead atoms. The van der Waals surface area contributed by atoms with Gasteiger partial charge in [-0.15, -0.1) is 12.3 Å². The van der Waals surface area contributed by atoms with Crippen LogP contribution in [0.5, 0.6) is 0 Å². The van der Waals surface area contributed by atoms with Crippen molar-refractivity contribution in [3.05, 3.63) is 35.4 Å². The molecule has 1 N–H and O–H groups in total. The van der Waals surface area contributed by atoms with Gasteiger partial charge in [0.15, 0.2) is 11.6 Å². The molecule has 0 heterocycles. The minimum atomic E-state index is -0.809. The van der Waals surface area contributed by atoms with Crippen LogP contribution in [0.1, 0.15) is 44.2 Å². The predicted molar refractivity (Wildman–Crippen MR) is 70.1 cm³/mol. The molecule has 1 nitrogen and oxygen atoms in total. The Bertz CT molecular complexity index is 409. The second-order valence-electron chi connectivity index (χ2n) is 4.28. The average Bonchev–Trinajstić information content (AvgIpc) is 2.37. The summed E-state index contributed by atoms with van der Waals surface area (Å²) >= 11 is 0. The maximum atomic E-state index is 13.2. The Hall–Kier alpha value is -1.40. The summed E-state index contributed by atoms with van der Waals surface area (Å²) in [6.07, 6.45) is 8.62. The molecule has 0 aliphatic heterocycles. The summed E-state index contributed by atoms with van der Waals surface area (Å²) in [7, 11) is 0. The van der Waals surface area contributed by atoms with Gasteiger partial charge < -0.3 is 5.32 Å². The highest BCUT2D eigenvalue weighted by atomic mass is 19.2. The van der Waals surface area contributed by atoms with Crippen LogP contribution in [-0.4, -0.2) is 6.54 Å². The maximum absolute atomic E-state index is 13.2. The lowest BCUT2D eigenvalue weighted by Gasteiger charge is -2.18. The zero-order valence-electron chi connectivity index (χ0n) is 10.7. The van der Waals surface area contributed by atoms with E-state index in [1.807, 2.05) is 0 Å². The zero-order chi connectivity index (χ0) is 13.4. The third-order valence-corrected chi connectivity index (χ3v) is 2.80. The SMILES string of the molecule is C#CCCCC(NCCC)c1ccc(F)c(F)c1. The van der Waals surface area contributed by atoms with E-state index in [1.54, 1.807) is 6.07 Å². The molecule has 0 fully saturated rings. The van der Waals surface area contributed by atoms with E-state index in [0.29, 0.717) is 6.42 Å². The first-order valence-corrected chi connectivity index (χ1v) is 6.30. The number of benzene rings is 1. The molecule has 0 aromatic heterocycles. The van der Waals surface area contributed by atoms with E-state index in [2.05, 4.69) is 18.2 Å². The number of hydrogen-bond acceptors (Lipinski definition) is 1. The fourth-order valence-corrected chi connectivity index (χ4v) is 1.84. The van der Waals surface area contributed by atoms with Gasteiger partial charge >= 0.3 is 0 Å². The van der Waals surface area contributed by atoms with Crippen molar-refractivity contribution in [1.29, 1.82) is 0 Å². The van der Waals surface area contributed by atoms with Crippen molar-refractivity contribution in [1.82, 2.24) is 5.32 Å². The second kappa shape index (κ2) is 7.84. The van der Waals surface area contributed by atoms with Crippen LogP contribution >= 0.6 is 0 Å².